The summed E-state index contributed by atoms with van der Waals surface area (Å²) in [6.45, 7) is 5.74. The number of carbonyl (C=O) groups is 1. The summed E-state index contributed by atoms with van der Waals surface area (Å²) in [5.74, 6) is -0.324. The second-order valence-electron chi connectivity index (χ2n) is 4.13. The van der Waals surface area contributed by atoms with Crippen molar-refractivity contribution in [3.63, 3.8) is 0 Å². The summed E-state index contributed by atoms with van der Waals surface area (Å²) >= 11 is 0. The lowest BCUT2D eigenvalue weighted by molar-refractivity contribution is 0.0696. The molecular formula is C13H15N3O2. The van der Waals surface area contributed by atoms with Crippen LogP contribution in [0.4, 0.5) is 0 Å². The maximum atomic E-state index is 11.0. The molecule has 18 heavy (non-hydrogen) atoms. The van der Waals surface area contributed by atoms with Crippen molar-refractivity contribution in [2.45, 2.75) is 27.2 Å². The van der Waals surface area contributed by atoms with Gasteiger partial charge in [-0.15, -0.1) is 0 Å². The van der Waals surface area contributed by atoms with E-state index in [0.717, 1.165) is 12.1 Å². The van der Waals surface area contributed by atoms with Gasteiger partial charge in [-0.3, -0.25) is 0 Å². The maximum absolute atomic E-state index is 11.0. The summed E-state index contributed by atoms with van der Waals surface area (Å²) in [5, 5.41) is 13.1. The fourth-order valence-electron chi connectivity index (χ4n) is 1.92. The number of aromatic nitrogens is 3. The van der Waals surface area contributed by atoms with Crippen molar-refractivity contribution >= 4 is 5.97 Å². The van der Waals surface area contributed by atoms with E-state index in [1.54, 1.807) is 11.6 Å². The van der Waals surface area contributed by atoms with Crippen molar-refractivity contribution in [3.8, 4) is 5.82 Å². The minimum Gasteiger partial charge on any atom is -0.478 e. The molecule has 2 aromatic heterocycles. The maximum Gasteiger partial charge on any atom is 0.339 e. The average Bonchev–Trinajstić information content (AvgIpc) is 2.71. The largest absolute Gasteiger partial charge is 0.478 e. The zero-order valence-electron chi connectivity index (χ0n) is 10.6. The molecule has 0 aliphatic rings. The first kappa shape index (κ1) is 12.3. The molecule has 0 aliphatic carbocycles. The number of carboxylic acid groups (broad SMARTS) is 1. The van der Waals surface area contributed by atoms with E-state index < -0.39 is 5.97 Å². The topological polar surface area (TPSA) is 68.0 Å². The van der Waals surface area contributed by atoms with Crippen molar-refractivity contribution in [1.29, 1.82) is 0 Å². The molecule has 0 aliphatic heterocycles. The first-order chi connectivity index (χ1) is 8.54. The highest BCUT2D eigenvalue weighted by molar-refractivity contribution is 5.88. The SMILES string of the molecule is CCc1ccc(-n2ncc(C(=O)O)c2C)nc1C. The highest BCUT2D eigenvalue weighted by Gasteiger charge is 2.14. The molecule has 0 bridgehead atoms. The Labute approximate surface area is 105 Å². The first-order valence-electron chi connectivity index (χ1n) is 5.79. The quantitative estimate of drug-likeness (QED) is 0.899. The Bertz CT molecular complexity index is 602. The zero-order chi connectivity index (χ0) is 13.3. The molecule has 5 heteroatoms. The number of rotatable bonds is 3. The minimum atomic E-state index is -0.972. The van der Waals surface area contributed by atoms with Crippen molar-refractivity contribution in [2.24, 2.45) is 0 Å². The minimum absolute atomic E-state index is 0.203. The lowest BCUT2D eigenvalue weighted by Crippen LogP contribution is -2.06. The fraction of sp³-hybridized carbons (Fsp3) is 0.308. The zero-order valence-corrected chi connectivity index (χ0v) is 10.6. The number of hydrogen-bond acceptors (Lipinski definition) is 3. The number of aryl methyl sites for hydroxylation is 2. The van der Waals surface area contributed by atoms with Crippen molar-refractivity contribution in [3.05, 3.63) is 40.8 Å². The van der Waals surface area contributed by atoms with Crippen molar-refractivity contribution in [2.75, 3.05) is 0 Å². The summed E-state index contributed by atoms with van der Waals surface area (Å²) in [6.07, 6.45) is 2.28. The van der Waals surface area contributed by atoms with Crippen LogP contribution in [0.3, 0.4) is 0 Å². The molecule has 0 unspecified atom stereocenters. The van der Waals surface area contributed by atoms with E-state index in [0.29, 0.717) is 11.5 Å². The molecule has 0 atom stereocenters. The van der Waals surface area contributed by atoms with Crippen LogP contribution in [0.25, 0.3) is 5.82 Å². The fourth-order valence-corrected chi connectivity index (χ4v) is 1.92. The normalized spacial score (nSPS) is 10.6. The average molecular weight is 245 g/mol. The van der Waals surface area contributed by atoms with Gasteiger partial charge in [-0.25, -0.2) is 14.5 Å². The summed E-state index contributed by atoms with van der Waals surface area (Å²) in [5.41, 5.74) is 2.91. The van der Waals surface area contributed by atoms with Crippen LogP contribution in [0.2, 0.25) is 0 Å². The van der Waals surface area contributed by atoms with Gasteiger partial charge in [0.1, 0.15) is 5.56 Å². The predicted molar refractivity (Wildman–Crippen MR) is 67.2 cm³/mol. The monoisotopic (exact) mass is 245 g/mol. The van der Waals surface area contributed by atoms with Gasteiger partial charge in [-0.05, 0) is 31.9 Å². The predicted octanol–water partition coefficient (Wildman–Crippen LogP) is 2.14. The van der Waals surface area contributed by atoms with Gasteiger partial charge in [0.2, 0.25) is 0 Å². The van der Waals surface area contributed by atoms with E-state index in [-0.39, 0.29) is 5.56 Å². The molecule has 2 aromatic rings. The molecule has 0 radical (unpaired) electrons. The van der Waals surface area contributed by atoms with E-state index >= 15 is 0 Å². The van der Waals surface area contributed by atoms with Crippen molar-refractivity contribution in [1.82, 2.24) is 14.8 Å². The highest BCUT2D eigenvalue weighted by atomic mass is 16.4. The smallest absolute Gasteiger partial charge is 0.339 e. The highest BCUT2D eigenvalue weighted by Crippen LogP contribution is 2.15. The van der Waals surface area contributed by atoms with Crippen molar-refractivity contribution < 1.29 is 9.90 Å². The molecule has 2 rings (SSSR count). The van der Waals surface area contributed by atoms with Crippen LogP contribution in [0.5, 0.6) is 0 Å². The van der Waals surface area contributed by atoms with E-state index in [4.69, 9.17) is 5.11 Å². The molecule has 2 heterocycles. The molecule has 0 amide bonds. The molecule has 0 spiro atoms. The first-order valence-corrected chi connectivity index (χ1v) is 5.79. The van der Waals surface area contributed by atoms with E-state index in [1.165, 1.54) is 11.8 Å². The molecule has 94 valence electrons. The van der Waals surface area contributed by atoms with Gasteiger partial charge in [0, 0.05) is 5.69 Å². The Balaban J connectivity index is 2.49. The Morgan fingerprint density at radius 3 is 2.61 bits per heavy atom. The van der Waals surface area contributed by atoms with Crippen LogP contribution in [-0.2, 0) is 6.42 Å². The number of nitrogens with zero attached hydrogens (tertiary/aromatic N) is 3. The number of hydrogen-bond donors (Lipinski definition) is 1. The van der Waals surface area contributed by atoms with E-state index in [2.05, 4.69) is 17.0 Å². The second kappa shape index (κ2) is 4.60. The third kappa shape index (κ3) is 1.99. The molecular weight excluding hydrogens is 230 g/mol. The van der Waals surface area contributed by atoms with Gasteiger partial charge in [0.05, 0.1) is 11.9 Å². The Morgan fingerprint density at radius 1 is 1.39 bits per heavy atom. The van der Waals surface area contributed by atoms with Gasteiger partial charge in [-0.2, -0.15) is 5.10 Å². The van der Waals surface area contributed by atoms with Crippen LogP contribution < -0.4 is 0 Å². The Kier molecular flexibility index (Phi) is 3.14. The molecule has 0 saturated heterocycles. The van der Waals surface area contributed by atoms with Crippen LogP contribution in [-0.4, -0.2) is 25.8 Å². The Hall–Kier alpha value is -2.17. The standard InChI is InChI=1S/C13H15N3O2/c1-4-10-5-6-12(15-8(10)2)16-9(3)11(7-14-16)13(17)18/h5-7H,4H2,1-3H3,(H,17,18). The van der Waals surface area contributed by atoms with Gasteiger partial charge >= 0.3 is 5.97 Å². The number of aromatic carboxylic acids is 1. The van der Waals surface area contributed by atoms with Crippen LogP contribution in [0.15, 0.2) is 18.3 Å². The molecule has 1 N–H and O–H groups in total. The summed E-state index contributed by atoms with van der Waals surface area (Å²) in [6, 6.07) is 3.86. The number of pyridine rings is 1. The van der Waals surface area contributed by atoms with Gasteiger partial charge < -0.3 is 5.11 Å². The van der Waals surface area contributed by atoms with E-state index in [1.807, 2.05) is 19.1 Å². The number of carboxylic acids is 1. The second-order valence-corrected chi connectivity index (χ2v) is 4.13. The third-order valence-electron chi connectivity index (χ3n) is 3.02. The van der Waals surface area contributed by atoms with E-state index in [9.17, 15) is 4.79 Å². The molecule has 0 aromatic carbocycles. The summed E-state index contributed by atoms with van der Waals surface area (Å²) in [4.78, 5) is 15.4. The molecule has 5 nitrogen and oxygen atoms in total. The van der Waals surface area contributed by atoms with Gasteiger partial charge in [-0.1, -0.05) is 13.0 Å². The van der Waals surface area contributed by atoms with Crippen LogP contribution >= 0.6 is 0 Å². The van der Waals surface area contributed by atoms with Crippen LogP contribution in [0.1, 0.15) is 34.2 Å². The lowest BCUT2D eigenvalue weighted by Gasteiger charge is -2.07. The Morgan fingerprint density at radius 2 is 2.11 bits per heavy atom. The molecule has 0 saturated carbocycles. The summed E-state index contributed by atoms with van der Waals surface area (Å²) in [7, 11) is 0. The third-order valence-corrected chi connectivity index (χ3v) is 3.02. The van der Waals surface area contributed by atoms with Gasteiger partial charge in [0.25, 0.3) is 0 Å². The van der Waals surface area contributed by atoms with Crippen LogP contribution in [0, 0.1) is 13.8 Å². The summed E-state index contributed by atoms with van der Waals surface area (Å²) < 4.78 is 1.55. The van der Waals surface area contributed by atoms with Gasteiger partial charge in [0.15, 0.2) is 5.82 Å². The lowest BCUT2D eigenvalue weighted by atomic mass is 10.1. The molecule has 0 fully saturated rings.